The molecule has 2 heterocycles. The lowest BCUT2D eigenvalue weighted by molar-refractivity contribution is 0.0729. The minimum atomic E-state index is -0.0664. The number of benzene rings is 1. The maximum atomic E-state index is 13.4. The van der Waals surface area contributed by atoms with Crippen molar-refractivity contribution < 1.29 is 9.53 Å². The number of aromatic nitrogens is 3. The number of ether oxygens (including phenoxy) is 1. The van der Waals surface area contributed by atoms with Crippen molar-refractivity contribution in [1.29, 1.82) is 0 Å². The number of carbonyl (C=O) groups is 1. The van der Waals surface area contributed by atoms with Crippen LogP contribution in [0, 0.1) is 5.92 Å². The van der Waals surface area contributed by atoms with Crippen molar-refractivity contribution in [2.75, 3.05) is 13.7 Å². The highest BCUT2D eigenvalue weighted by molar-refractivity contribution is 6.32. The van der Waals surface area contributed by atoms with Crippen molar-refractivity contribution in [3.05, 3.63) is 52.9 Å². The van der Waals surface area contributed by atoms with Gasteiger partial charge >= 0.3 is 0 Å². The molecule has 0 N–H and O–H groups in total. The highest BCUT2D eigenvalue weighted by atomic mass is 35.5. The van der Waals surface area contributed by atoms with Crippen molar-refractivity contribution >= 4 is 28.7 Å². The van der Waals surface area contributed by atoms with Crippen LogP contribution in [0.15, 0.2) is 36.5 Å². The average molecular weight is 429 g/mol. The van der Waals surface area contributed by atoms with Crippen LogP contribution in [-0.4, -0.2) is 39.0 Å². The average Bonchev–Trinajstić information content (AvgIpc) is 3.08. The molecule has 0 fully saturated rings. The van der Waals surface area contributed by atoms with Crippen molar-refractivity contribution in [2.24, 2.45) is 5.92 Å². The normalized spacial score (nSPS) is 11.3. The number of nitrogens with zero attached hydrogens (tertiary/aromatic N) is 4. The second kappa shape index (κ2) is 9.94. The molecule has 0 saturated carbocycles. The number of methoxy groups -OCH3 is 1. The van der Waals surface area contributed by atoms with Crippen molar-refractivity contribution in [2.45, 2.75) is 46.7 Å². The first-order valence-electron chi connectivity index (χ1n) is 10.4. The van der Waals surface area contributed by atoms with E-state index >= 15 is 0 Å². The van der Waals surface area contributed by atoms with Crippen molar-refractivity contribution in [1.82, 2.24) is 19.4 Å². The molecule has 160 valence electrons. The van der Waals surface area contributed by atoms with Crippen LogP contribution in [0.5, 0.6) is 5.75 Å². The zero-order chi connectivity index (χ0) is 21.7. The van der Waals surface area contributed by atoms with E-state index in [-0.39, 0.29) is 5.91 Å². The lowest BCUT2D eigenvalue weighted by Crippen LogP contribution is -2.33. The molecule has 1 aromatic carbocycles. The quantitative estimate of drug-likeness (QED) is 0.470. The van der Waals surface area contributed by atoms with E-state index in [0.29, 0.717) is 35.3 Å². The molecule has 0 aliphatic heterocycles. The Balaban J connectivity index is 1.94. The Morgan fingerprint density at radius 3 is 2.77 bits per heavy atom. The first-order chi connectivity index (χ1) is 14.4. The van der Waals surface area contributed by atoms with E-state index in [4.69, 9.17) is 21.3 Å². The summed E-state index contributed by atoms with van der Waals surface area (Å²) in [5.41, 5.74) is 2.25. The molecule has 7 heteroatoms. The van der Waals surface area contributed by atoms with E-state index in [1.165, 1.54) is 0 Å². The number of amides is 1. The first-order valence-corrected chi connectivity index (χ1v) is 10.7. The van der Waals surface area contributed by atoms with Crippen LogP contribution in [0.1, 0.15) is 49.8 Å². The first kappa shape index (κ1) is 22.1. The summed E-state index contributed by atoms with van der Waals surface area (Å²) in [6.45, 7) is 8.31. The van der Waals surface area contributed by atoms with Gasteiger partial charge in [-0.25, -0.2) is 9.97 Å². The van der Waals surface area contributed by atoms with E-state index in [2.05, 4.69) is 30.3 Å². The van der Waals surface area contributed by atoms with Crippen LogP contribution >= 0.6 is 11.6 Å². The van der Waals surface area contributed by atoms with E-state index < -0.39 is 0 Å². The molecule has 3 aromatic rings. The minimum absolute atomic E-state index is 0.0664. The molecule has 1 amide bonds. The van der Waals surface area contributed by atoms with Gasteiger partial charge in [-0.2, -0.15) is 0 Å². The Labute approximate surface area is 182 Å². The van der Waals surface area contributed by atoms with Crippen molar-refractivity contribution in [3.63, 3.8) is 0 Å². The van der Waals surface area contributed by atoms with Crippen LogP contribution in [0.3, 0.4) is 0 Å². The van der Waals surface area contributed by atoms with Gasteiger partial charge in [0.25, 0.3) is 5.91 Å². The molecular weight excluding hydrogens is 400 g/mol. The van der Waals surface area contributed by atoms with Gasteiger partial charge in [-0.15, -0.1) is 0 Å². The number of fused-ring (bicyclic) bond motifs is 1. The van der Waals surface area contributed by atoms with Crippen molar-refractivity contribution in [3.8, 4) is 5.75 Å². The number of hydrogen-bond acceptors (Lipinski definition) is 4. The Hall–Kier alpha value is -2.60. The van der Waals surface area contributed by atoms with Gasteiger partial charge in [-0.1, -0.05) is 32.4 Å². The molecule has 3 rings (SSSR count). The number of hydrogen-bond donors (Lipinski definition) is 0. The highest BCUT2D eigenvalue weighted by Crippen LogP contribution is 2.26. The molecule has 6 nitrogen and oxygen atoms in total. The number of pyridine rings is 1. The summed E-state index contributed by atoms with van der Waals surface area (Å²) >= 11 is 6.27. The summed E-state index contributed by atoms with van der Waals surface area (Å²) in [4.78, 5) is 24.5. The molecule has 0 aliphatic carbocycles. The predicted molar refractivity (Wildman–Crippen MR) is 120 cm³/mol. The minimum Gasteiger partial charge on any atom is -0.495 e. The third kappa shape index (κ3) is 4.93. The largest absolute Gasteiger partial charge is 0.495 e. The van der Waals surface area contributed by atoms with Gasteiger partial charge in [-0.05, 0) is 49.1 Å². The summed E-state index contributed by atoms with van der Waals surface area (Å²) in [6, 6.07) is 9.00. The summed E-state index contributed by atoms with van der Waals surface area (Å²) in [5, 5.41) is 0.426. The molecule has 0 saturated heterocycles. The third-order valence-corrected chi connectivity index (χ3v) is 5.32. The number of carbonyl (C=O) groups excluding carboxylic acids is 1. The Bertz CT molecular complexity index is 1020. The number of aryl methyl sites for hydroxylation is 1. The molecular formula is C23H29ClN4O2. The second-order valence-corrected chi connectivity index (χ2v) is 8.19. The van der Waals surface area contributed by atoms with Gasteiger partial charge in [0.05, 0.1) is 18.7 Å². The molecule has 0 radical (unpaired) electrons. The van der Waals surface area contributed by atoms with Gasteiger partial charge in [0.1, 0.15) is 17.1 Å². The topological polar surface area (TPSA) is 60.2 Å². The Kier molecular flexibility index (Phi) is 7.32. The fourth-order valence-corrected chi connectivity index (χ4v) is 3.66. The van der Waals surface area contributed by atoms with Gasteiger partial charge < -0.3 is 14.2 Å². The number of imidazole rings is 1. The van der Waals surface area contributed by atoms with Gasteiger partial charge in [0.15, 0.2) is 5.65 Å². The zero-order valence-electron chi connectivity index (χ0n) is 18.1. The van der Waals surface area contributed by atoms with E-state index in [1.807, 2.05) is 17.0 Å². The second-order valence-electron chi connectivity index (χ2n) is 7.78. The van der Waals surface area contributed by atoms with E-state index in [0.717, 1.165) is 36.4 Å². The van der Waals surface area contributed by atoms with Crippen LogP contribution in [0.25, 0.3) is 11.2 Å². The SMILES string of the molecule is CCCn1c(CN(CCC(C)C)C(=O)c2ccc(OC)c(Cl)c2)nc2cccnc21. The maximum Gasteiger partial charge on any atom is 0.254 e. The van der Waals surface area contributed by atoms with Crippen LogP contribution in [-0.2, 0) is 13.1 Å². The monoisotopic (exact) mass is 428 g/mol. The predicted octanol–water partition coefficient (Wildman–Crippen LogP) is 5.19. The summed E-state index contributed by atoms with van der Waals surface area (Å²) < 4.78 is 7.33. The molecule has 0 aliphatic rings. The maximum absolute atomic E-state index is 13.4. The zero-order valence-corrected chi connectivity index (χ0v) is 18.8. The van der Waals surface area contributed by atoms with Gasteiger partial charge in [-0.3, -0.25) is 4.79 Å². The number of rotatable bonds is 9. The highest BCUT2D eigenvalue weighted by Gasteiger charge is 2.21. The Morgan fingerprint density at radius 1 is 1.30 bits per heavy atom. The molecule has 0 spiro atoms. The third-order valence-electron chi connectivity index (χ3n) is 5.02. The summed E-state index contributed by atoms with van der Waals surface area (Å²) in [7, 11) is 1.56. The van der Waals surface area contributed by atoms with Gasteiger partial charge in [0, 0.05) is 24.8 Å². The van der Waals surface area contributed by atoms with Crippen LogP contribution < -0.4 is 4.74 Å². The summed E-state index contributed by atoms with van der Waals surface area (Å²) in [6.07, 6.45) is 3.64. The fraction of sp³-hybridized carbons (Fsp3) is 0.435. The lowest BCUT2D eigenvalue weighted by Gasteiger charge is -2.24. The van der Waals surface area contributed by atoms with Gasteiger partial charge in [0.2, 0.25) is 0 Å². The summed E-state index contributed by atoms with van der Waals surface area (Å²) in [5.74, 6) is 1.82. The standard InChI is InChI=1S/C23H29ClN4O2/c1-5-12-28-21(26-19-7-6-11-25-22(19)28)15-27(13-10-16(2)3)23(29)17-8-9-20(30-4)18(24)14-17/h6-9,11,14,16H,5,10,12-13,15H2,1-4H3. The lowest BCUT2D eigenvalue weighted by atomic mass is 10.1. The number of halogens is 1. The molecule has 2 aromatic heterocycles. The smallest absolute Gasteiger partial charge is 0.254 e. The van der Waals surface area contributed by atoms with E-state index in [9.17, 15) is 4.79 Å². The van der Waals surface area contributed by atoms with E-state index in [1.54, 1.807) is 31.5 Å². The molecule has 0 bridgehead atoms. The molecule has 30 heavy (non-hydrogen) atoms. The van der Waals surface area contributed by atoms with Crippen LogP contribution in [0.4, 0.5) is 0 Å². The Morgan fingerprint density at radius 2 is 2.10 bits per heavy atom. The molecule has 0 unspecified atom stereocenters. The molecule has 0 atom stereocenters. The van der Waals surface area contributed by atoms with Crippen LogP contribution in [0.2, 0.25) is 5.02 Å². The fourth-order valence-electron chi connectivity index (χ4n) is 3.40.